The number of rotatable bonds is 17. The molecule has 0 heterocycles. The van der Waals surface area contributed by atoms with E-state index in [-0.39, 0.29) is 31.1 Å². The maximum atomic E-state index is 13.0. The highest BCUT2D eigenvalue weighted by Crippen LogP contribution is 2.10. The van der Waals surface area contributed by atoms with Crippen molar-refractivity contribution in [3.05, 3.63) is 0 Å². The molecule has 0 aromatic carbocycles. The number of hydrogen-bond acceptors (Lipinski definition) is 7. The predicted octanol–water partition coefficient (Wildman–Crippen LogP) is -0.0365. The lowest BCUT2D eigenvalue weighted by molar-refractivity contribution is -0.142. The summed E-state index contributed by atoms with van der Waals surface area (Å²) in [4.78, 5) is 60.9. The second kappa shape index (κ2) is 16.3. The second-order valence-electron chi connectivity index (χ2n) is 9.17. The van der Waals surface area contributed by atoms with Crippen molar-refractivity contribution < 1.29 is 29.1 Å². The molecule has 0 bridgehead atoms. The summed E-state index contributed by atoms with van der Waals surface area (Å²) in [5.74, 6) is -2.89. The van der Waals surface area contributed by atoms with E-state index in [9.17, 15) is 29.1 Å². The SMILES string of the molecule is CSCCC(NC(=O)C(CC(C)C)NC(=O)C(N)CC(C)C)C(=O)NC(CCC(N)=O)C(=O)O. The van der Waals surface area contributed by atoms with Crippen LogP contribution in [0.2, 0.25) is 0 Å². The van der Waals surface area contributed by atoms with E-state index in [1.54, 1.807) is 0 Å². The van der Waals surface area contributed by atoms with E-state index < -0.39 is 53.8 Å². The van der Waals surface area contributed by atoms with E-state index in [1.807, 2.05) is 34.0 Å². The van der Waals surface area contributed by atoms with Gasteiger partial charge in [0, 0.05) is 6.42 Å². The van der Waals surface area contributed by atoms with Crippen molar-refractivity contribution in [3.8, 4) is 0 Å². The third kappa shape index (κ3) is 13.4. The molecular weight excluding hydrogens is 462 g/mol. The van der Waals surface area contributed by atoms with Crippen LogP contribution in [0.5, 0.6) is 0 Å². The van der Waals surface area contributed by atoms with Crippen molar-refractivity contribution in [1.29, 1.82) is 0 Å². The average Bonchev–Trinajstić information content (AvgIpc) is 2.71. The molecule has 4 amide bonds. The first-order valence-corrected chi connectivity index (χ1v) is 12.8. The number of aliphatic carboxylic acids is 1. The number of primary amides is 1. The van der Waals surface area contributed by atoms with Crippen molar-refractivity contribution in [3.63, 3.8) is 0 Å². The second-order valence-corrected chi connectivity index (χ2v) is 10.2. The molecule has 11 nitrogen and oxygen atoms in total. The molecule has 4 unspecified atom stereocenters. The molecule has 0 aliphatic heterocycles. The summed E-state index contributed by atoms with van der Waals surface area (Å²) in [7, 11) is 0. The summed E-state index contributed by atoms with van der Waals surface area (Å²) in [6, 6.07) is -4.01. The van der Waals surface area contributed by atoms with Crippen LogP contribution in [0.15, 0.2) is 0 Å². The first-order valence-electron chi connectivity index (χ1n) is 11.4. The Bertz CT molecular complexity index is 703. The lowest BCUT2D eigenvalue weighted by Crippen LogP contribution is -2.57. The Hall–Kier alpha value is -2.34. The Balaban J connectivity index is 5.46. The number of carbonyl (C=O) groups is 5. The van der Waals surface area contributed by atoms with Crippen molar-refractivity contribution in [2.45, 2.75) is 84.0 Å². The first-order chi connectivity index (χ1) is 15.8. The fourth-order valence-corrected chi connectivity index (χ4v) is 3.66. The van der Waals surface area contributed by atoms with Gasteiger partial charge in [-0.2, -0.15) is 11.8 Å². The topological polar surface area (TPSA) is 194 Å². The van der Waals surface area contributed by atoms with Crippen LogP contribution in [0.1, 0.15) is 59.8 Å². The highest BCUT2D eigenvalue weighted by atomic mass is 32.2. The molecule has 4 atom stereocenters. The van der Waals surface area contributed by atoms with Crippen molar-refractivity contribution in [1.82, 2.24) is 16.0 Å². The Morgan fingerprint density at radius 1 is 0.794 bits per heavy atom. The predicted molar refractivity (Wildman–Crippen MR) is 132 cm³/mol. The first kappa shape index (κ1) is 31.7. The zero-order valence-electron chi connectivity index (χ0n) is 20.8. The Labute approximate surface area is 205 Å². The molecule has 0 rings (SSSR count). The minimum Gasteiger partial charge on any atom is -0.480 e. The minimum absolute atomic E-state index is 0.0704. The zero-order chi connectivity index (χ0) is 26.4. The molecule has 8 N–H and O–H groups in total. The summed E-state index contributed by atoms with van der Waals surface area (Å²) in [6.07, 6.45) is 2.50. The van der Waals surface area contributed by atoms with Gasteiger partial charge in [0.05, 0.1) is 6.04 Å². The number of nitrogens with one attached hydrogen (secondary N) is 3. The van der Waals surface area contributed by atoms with Gasteiger partial charge < -0.3 is 32.5 Å². The summed E-state index contributed by atoms with van der Waals surface area (Å²) >= 11 is 1.46. The van der Waals surface area contributed by atoms with Crippen LogP contribution in [0, 0.1) is 11.8 Å². The smallest absolute Gasteiger partial charge is 0.326 e. The highest BCUT2D eigenvalue weighted by Gasteiger charge is 2.30. The molecule has 34 heavy (non-hydrogen) atoms. The Morgan fingerprint density at radius 2 is 1.29 bits per heavy atom. The maximum absolute atomic E-state index is 13.0. The fraction of sp³-hybridized carbons (Fsp3) is 0.773. The van der Waals surface area contributed by atoms with E-state index >= 15 is 0 Å². The van der Waals surface area contributed by atoms with Crippen LogP contribution in [-0.4, -0.2) is 70.9 Å². The highest BCUT2D eigenvalue weighted by molar-refractivity contribution is 7.98. The maximum Gasteiger partial charge on any atom is 0.326 e. The van der Waals surface area contributed by atoms with Crippen LogP contribution in [0.3, 0.4) is 0 Å². The molecule has 0 saturated heterocycles. The van der Waals surface area contributed by atoms with Gasteiger partial charge in [0.1, 0.15) is 18.1 Å². The van der Waals surface area contributed by atoms with Gasteiger partial charge in [0.25, 0.3) is 0 Å². The third-order valence-electron chi connectivity index (χ3n) is 4.94. The summed E-state index contributed by atoms with van der Waals surface area (Å²) in [6.45, 7) is 7.67. The molecule has 196 valence electrons. The lowest BCUT2D eigenvalue weighted by atomic mass is 10.00. The number of amides is 4. The van der Waals surface area contributed by atoms with E-state index in [4.69, 9.17) is 11.5 Å². The van der Waals surface area contributed by atoms with Gasteiger partial charge in [0.2, 0.25) is 23.6 Å². The van der Waals surface area contributed by atoms with E-state index in [2.05, 4.69) is 16.0 Å². The number of thioether (sulfide) groups is 1. The molecule has 0 aliphatic carbocycles. The van der Waals surface area contributed by atoms with Gasteiger partial charge >= 0.3 is 5.97 Å². The van der Waals surface area contributed by atoms with Gasteiger partial charge in [-0.05, 0) is 49.5 Å². The van der Waals surface area contributed by atoms with Gasteiger partial charge in [-0.25, -0.2) is 4.79 Å². The van der Waals surface area contributed by atoms with E-state index in [0.717, 1.165) is 0 Å². The van der Waals surface area contributed by atoms with Gasteiger partial charge in [0.15, 0.2) is 0 Å². The van der Waals surface area contributed by atoms with E-state index in [1.165, 1.54) is 11.8 Å². The van der Waals surface area contributed by atoms with Gasteiger partial charge in [-0.15, -0.1) is 0 Å². The van der Waals surface area contributed by atoms with E-state index in [0.29, 0.717) is 18.6 Å². The van der Waals surface area contributed by atoms with Crippen molar-refractivity contribution >= 4 is 41.4 Å². The molecule has 0 aromatic heterocycles. The van der Waals surface area contributed by atoms with Gasteiger partial charge in [-0.3, -0.25) is 19.2 Å². The summed E-state index contributed by atoms with van der Waals surface area (Å²) in [5.41, 5.74) is 11.0. The number of carboxylic acid groups (broad SMARTS) is 1. The normalized spacial score (nSPS) is 14.7. The molecular formula is C22H41N5O6S. The number of nitrogens with two attached hydrogens (primary N) is 2. The van der Waals surface area contributed by atoms with Crippen LogP contribution in [0.4, 0.5) is 0 Å². The van der Waals surface area contributed by atoms with Gasteiger partial charge in [-0.1, -0.05) is 27.7 Å². The summed E-state index contributed by atoms with van der Waals surface area (Å²) < 4.78 is 0. The Morgan fingerprint density at radius 3 is 1.76 bits per heavy atom. The molecule has 0 aliphatic rings. The molecule has 0 fully saturated rings. The third-order valence-corrected chi connectivity index (χ3v) is 5.58. The fourth-order valence-electron chi connectivity index (χ4n) is 3.19. The molecule has 0 radical (unpaired) electrons. The summed E-state index contributed by atoms with van der Waals surface area (Å²) in [5, 5.41) is 17.1. The molecule has 0 spiro atoms. The molecule has 0 saturated carbocycles. The van der Waals surface area contributed by atoms with Crippen LogP contribution >= 0.6 is 11.8 Å². The lowest BCUT2D eigenvalue weighted by Gasteiger charge is -2.26. The van der Waals surface area contributed by atoms with Crippen molar-refractivity contribution in [2.75, 3.05) is 12.0 Å². The minimum atomic E-state index is -1.33. The monoisotopic (exact) mass is 503 g/mol. The quantitative estimate of drug-likeness (QED) is 0.159. The van der Waals surface area contributed by atoms with Crippen molar-refractivity contribution in [2.24, 2.45) is 23.3 Å². The number of hydrogen-bond donors (Lipinski definition) is 6. The molecule has 0 aromatic rings. The van der Waals surface area contributed by atoms with Crippen LogP contribution in [-0.2, 0) is 24.0 Å². The number of carboxylic acids is 1. The molecule has 12 heteroatoms. The zero-order valence-corrected chi connectivity index (χ0v) is 21.6. The van der Waals surface area contributed by atoms with Crippen LogP contribution < -0.4 is 27.4 Å². The average molecular weight is 504 g/mol. The standard InChI is InChI=1S/C22H41N5O6S/c1-12(2)10-14(23)19(29)27-17(11-13(3)4)21(31)25-15(8-9-34-5)20(30)26-16(22(32)33)6-7-18(24)28/h12-17H,6-11,23H2,1-5H3,(H2,24,28)(H,25,31)(H,26,30)(H,27,29)(H,32,33). The number of carbonyl (C=O) groups excluding carboxylic acids is 4. The van der Waals surface area contributed by atoms with Crippen LogP contribution in [0.25, 0.3) is 0 Å². The Kier molecular flexibility index (Phi) is 15.2. The largest absolute Gasteiger partial charge is 0.480 e.